The second-order valence-corrected chi connectivity index (χ2v) is 10.9. The van der Waals surface area contributed by atoms with Crippen molar-refractivity contribution in [1.29, 1.82) is 0 Å². The van der Waals surface area contributed by atoms with Gasteiger partial charge in [0.25, 0.3) is 0 Å². The van der Waals surface area contributed by atoms with Crippen molar-refractivity contribution in [2.75, 3.05) is 26.0 Å². The molecular formula is C28H46N3O4S+. The normalized spacial score (nSPS) is 13.9. The van der Waals surface area contributed by atoms with Crippen molar-refractivity contribution in [2.45, 2.75) is 78.0 Å². The minimum atomic E-state index is -2.32. The molecule has 1 aliphatic rings. The molecular weight excluding hydrogens is 474 g/mol. The standard InChI is InChI=1S/C11H17N.C9H18.C6H4NO4S.C2H7N/c1-3-4-9-12-11-8-6-5-7-10(11)2;1-8-4-6-9(2,3)7-5-8;8-7(9)5-1-3-6(4-2-5)12(10)11;1-3-2/h5-8,12H,3-4,9H2,1-2H3;8H,4-7H2,1-3H3;1-4H;3H,1-2H3/q;;+1;. The first-order chi connectivity index (χ1) is 17.0. The van der Waals surface area contributed by atoms with Crippen LogP contribution in [0.1, 0.15) is 71.8 Å². The van der Waals surface area contributed by atoms with Gasteiger partial charge in [0.05, 0.1) is 0 Å². The van der Waals surface area contributed by atoms with Gasteiger partial charge < -0.3 is 10.6 Å². The van der Waals surface area contributed by atoms with Crippen molar-refractivity contribution >= 4 is 21.9 Å². The number of nitrogens with one attached hydrogen (secondary N) is 2. The fourth-order valence-corrected chi connectivity index (χ4v) is 3.75. The Bertz CT molecular complexity index is 995. The van der Waals surface area contributed by atoms with E-state index < -0.39 is 15.5 Å². The third kappa shape index (κ3) is 15.5. The Kier molecular flexibility index (Phi) is 17.5. The number of nitrogens with zero attached hydrogens (tertiary/aromatic N) is 1. The van der Waals surface area contributed by atoms with Crippen molar-refractivity contribution in [3.63, 3.8) is 0 Å². The van der Waals surface area contributed by atoms with Gasteiger partial charge in [0, 0.05) is 12.2 Å². The first-order valence-corrected chi connectivity index (χ1v) is 13.8. The Morgan fingerprint density at radius 2 is 1.61 bits per heavy atom. The van der Waals surface area contributed by atoms with E-state index in [2.05, 4.69) is 69.5 Å². The van der Waals surface area contributed by atoms with Gasteiger partial charge in [0.2, 0.25) is 0 Å². The van der Waals surface area contributed by atoms with Crippen LogP contribution in [0.5, 0.6) is 0 Å². The SMILES string of the molecule is CC1CCC(C)(C)CC1.CCCCNc1ccccc1C.CNC.O=[N+]([O-])c1ccc(S(=O)#[O+])cc1. The molecule has 1 fully saturated rings. The van der Waals surface area contributed by atoms with Crippen LogP contribution in [-0.2, 0) is 14.6 Å². The van der Waals surface area contributed by atoms with Crippen LogP contribution in [0, 0.1) is 28.4 Å². The maximum absolute atomic E-state index is 10.3. The summed E-state index contributed by atoms with van der Waals surface area (Å²) < 4.78 is 20.6. The number of nitro groups is 1. The third-order valence-electron chi connectivity index (χ3n) is 5.86. The molecule has 0 heterocycles. The number of hydrogen-bond acceptors (Lipinski definition) is 5. The molecule has 36 heavy (non-hydrogen) atoms. The number of hydrogen-bond donors (Lipinski definition) is 2. The summed E-state index contributed by atoms with van der Waals surface area (Å²) >= 11 is 0. The predicted molar refractivity (Wildman–Crippen MR) is 151 cm³/mol. The second-order valence-electron chi connectivity index (χ2n) is 9.93. The Morgan fingerprint density at radius 1 is 1.08 bits per heavy atom. The second kappa shape index (κ2) is 18.8. The fourth-order valence-electron chi connectivity index (χ4n) is 3.39. The molecule has 0 atom stereocenters. The van der Waals surface area contributed by atoms with Crippen molar-refractivity contribution in [3.05, 3.63) is 64.2 Å². The van der Waals surface area contributed by atoms with Crippen molar-refractivity contribution in [1.82, 2.24) is 5.32 Å². The molecule has 8 heteroatoms. The van der Waals surface area contributed by atoms with Crippen molar-refractivity contribution in [2.24, 2.45) is 11.3 Å². The van der Waals surface area contributed by atoms with Crippen molar-refractivity contribution < 1.29 is 13.2 Å². The number of para-hydroxylation sites is 1. The van der Waals surface area contributed by atoms with Crippen LogP contribution >= 0.6 is 0 Å². The summed E-state index contributed by atoms with van der Waals surface area (Å²) in [5.74, 6) is 0.998. The third-order valence-corrected chi connectivity index (χ3v) is 6.52. The molecule has 2 aromatic carbocycles. The first-order valence-electron chi connectivity index (χ1n) is 12.7. The summed E-state index contributed by atoms with van der Waals surface area (Å²) in [6, 6.07) is 13.1. The topological polar surface area (TPSA) is 104 Å². The van der Waals surface area contributed by atoms with Crippen LogP contribution in [0.15, 0.2) is 53.4 Å². The number of aryl methyl sites for hydroxylation is 1. The monoisotopic (exact) mass is 520 g/mol. The number of nitro benzene ring substituents is 1. The van der Waals surface area contributed by atoms with E-state index in [1.807, 2.05) is 14.1 Å². The van der Waals surface area contributed by atoms with Crippen LogP contribution in [0.2, 0.25) is 0 Å². The van der Waals surface area contributed by atoms with Gasteiger partial charge in [0.15, 0.2) is 0 Å². The van der Waals surface area contributed by atoms with Crippen molar-refractivity contribution in [3.8, 4) is 0 Å². The average Bonchev–Trinajstić information content (AvgIpc) is 2.84. The summed E-state index contributed by atoms with van der Waals surface area (Å²) in [6.45, 7) is 12.6. The van der Waals surface area contributed by atoms with E-state index in [0.717, 1.165) is 24.6 Å². The van der Waals surface area contributed by atoms with E-state index in [4.69, 9.17) is 0 Å². The van der Waals surface area contributed by atoms with E-state index in [-0.39, 0.29) is 10.6 Å². The van der Waals surface area contributed by atoms with Crippen LogP contribution in [0.3, 0.4) is 0 Å². The van der Waals surface area contributed by atoms with Gasteiger partial charge in [-0.25, -0.2) is 0 Å². The molecule has 2 aromatic rings. The molecule has 0 unspecified atom stereocenters. The Balaban J connectivity index is 0.000000488. The zero-order chi connectivity index (χ0) is 27.6. The zero-order valence-corrected chi connectivity index (χ0v) is 24.0. The molecule has 1 aliphatic carbocycles. The van der Waals surface area contributed by atoms with Gasteiger partial charge in [-0.3, -0.25) is 0 Å². The predicted octanol–water partition coefficient (Wildman–Crippen LogP) is 7.31. The number of non-ortho nitro benzene ring substituents is 1. The number of rotatable bonds is 5. The number of unbranched alkanes of at least 4 members (excludes halogenated alkanes) is 1. The van der Waals surface area contributed by atoms with Gasteiger partial charge >= 0.3 is 68.7 Å². The van der Waals surface area contributed by atoms with Gasteiger partial charge in [-0.2, -0.15) is 0 Å². The average molecular weight is 521 g/mol. The van der Waals surface area contributed by atoms with Gasteiger partial charge in [-0.15, -0.1) is 0 Å². The molecule has 7 nitrogen and oxygen atoms in total. The summed E-state index contributed by atoms with van der Waals surface area (Å²) in [4.78, 5) is 9.59. The molecule has 3 rings (SSSR count). The molecule has 0 saturated heterocycles. The van der Waals surface area contributed by atoms with Crippen LogP contribution in [-0.4, -0.2) is 29.8 Å². The molecule has 0 aliphatic heterocycles. The fraction of sp³-hybridized carbons (Fsp3) is 0.571. The molecule has 0 bridgehead atoms. The minimum absolute atomic E-state index is 0.0422. The molecule has 0 spiro atoms. The quantitative estimate of drug-likeness (QED) is 0.186. The summed E-state index contributed by atoms with van der Waals surface area (Å²) in [7, 11) is 1.43. The van der Waals surface area contributed by atoms with Gasteiger partial charge in [0.1, 0.15) is 0 Å². The van der Waals surface area contributed by atoms with Crippen LogP contribution < -0.4 is 10.6 Å². The van der Waals surface area contributed by atoms with E-state index in [9.17, 15) is 18.4 Å². The molecule has 0 radical (unpaired) electrons. The molecule has 0 aromatic heterocycles. The van der Waals surface area contributed by atoms with E-state index in [1.165, 1.54) is 61.9 Å². The molecule has 1 saturated carbocycles. The Morgan fingerprint density at radius 3 is 2.03 bits per heavy atom. The Labute approximate surface area is 219 Å². The van der Waals surface area contributed by atoms with Crippen LogP contribution in [0.25, 0.3) is 0 Å². The molecule has 202 valence electrons. The van der Waals surface area contributed by atoms with Gasteiger partial charge in [-0.05, 0) is 63.2 Å². The molecule has 0 amide bonds. The first kappa shape index (κ1) is 33.6. The number of anilines is 1. The van der Waals surface area contributed by atoms with Crippen LogP contribution in [0.4, 0.5) is 11.4 Å². The summed E-state index contributed by atoms with van der Waals surface area (Å²) in [6.07, 6.45) is 8.27. The van der Waals surface area contributed by atoms with Gasteiger partial charge in [-0.1, -0.05) is 65.2 Å². The molecule has 2 N–H and O–H groups in total. The maximum atomic E-state index is 10.3. The summed E-state index contributed by atoms with van der Waals surface area (Å²) in [5, 5.41) is 16.3. The van der Waals surface area contributed by atoms with E-state index >= 15 is 0 Å². The van der Waals surface area contributed by atoms with E-state index in [1.54, 1.807) is 0 Å². The van der Waals surface area contributed by atoms with E-state index in [0.29, 0.717) is 5.41 Å². The zero-order valence-electron chi connectivity index (χ0n) is 23.1. The Hall–Kier alpha value is -2.42. The summed E-state index contributed by atoms with van der Waals surface area (Å²) in [5.41, 5.74) is 3.13. The number of benzene rings is 2.